The number of carbonyl (C=O) groups excluding carboxylic acids is 1. The van der Waals surface area contributed by atoms with Crippen LogP contribution in [-0.4, -0.2) is 80.7 Å². The van der Waals surface area contributed by atoms with Gasteiger partial charge in [-0.3, -0.25) is 13.7 Å². The number of nitrogens with zero attached hydrogens (tertiary/aromatic N) is 5. The van der Waals surface area contributed by atoms with Crippen LogP contribution in [0.15, 0.2) is 97.7 Å². The van der Waals surface area contributed by atoms with Crippen molar-refractivity contribution in [2.45, 2.75) is 14.7 Å². The normalized spacial score (nSPS) is 12.5. The highest BCUT2D eigenvalue weighted by Gasteiger charge is 2.23. The van der Waals surface area contributed by atoms with Crippen molar-refractivity contribution in [1.82, 2.24) is 15.0 Å². The van der Waals surface area contributed by atoms with E-state index in [4.69, 9.17) is 21.9 Å². The zero-order valence-corrected chi connectivity index (χ0v) is 31.1. The Morgan fingerprint density at radius 2 is 1.36 bits per heavy atom. The minimum absolute atomic E-state index is 0.0106. The summed E-state index contributed by atoms with van der Waals surface area (Å²) in [7, 11) is -18.9. The Bertz CT molecular complexity index is 2830. The lowest BCUT2D eigenvalue weighted by Crippen LogP contribution is -2.19. The summed E-state index contributed by atoms with van der Waals surface area (Å²) in [6, 6.07) is 14.2. The van der Waals surface area contributed by atoms with Crippen LogP contribution in [0.5, 0.6) is 0 Å². The Kier molecular flexibility index (Phi) is 11.6. The third-order valence-electron chi connectivity index (χ3n) is 6.94. The van der Waals surface area contributed by atoms with E-state index >= 15 is 0 Å². The summed E-state index contributed by atoms with van der Waals surface area (Å²) < 4.78 is 127. The van der Waals surface area contributed by atoms with Crippen molar-refractivity contribution in [1.29, 1.82) is 0 Å². The van der Waals surface area contributed by atoms with Crippen LogP contribution in [0.4, 0.5) is 45.1 Å². The first-order valence-corrected chi connectivity index (χ1v) is 20.9. The summed E-state index contributed by atoms with van der Waals surface area (Å²) in [5.41, 5.74) is 5.26. The number of amides is 2. The molecule has 55 heavy (non-hydrogen) atoms. The quantitative estimate of drug-likeness (QED) is 0.0609. The molecule has 0 aliphatic heterocycles. The van der Waals surface area contributed by atoms with E-state index in [9.17, 15) is 47.6 Å². The molecular weight excluding hydrogens is 834 g/mol. The highest BCUT2D eigenvalue weighted by Crippen LogP contribution is 2.35. The van der Waals surface area contributed by atoms with Gasteiger partial charge in [-0.15, -0.1) is 10.2 Å². The van der Waals surface area contributed by atoms with Gasteiger partial charge in [0.15, 0.2) is 9.84 Å². The molecule has 1 heterocycles. The van der Waals surface area contributed by atoms with Crippen molar-refractivity contribution < 1.29 is 56.3 Å². The number of hydrogen-bond acceptors (Lipinski definition) is 17. The summed E-state index contributed by atoms with van der Waals surface area (Å²) in [4.78, 5) is 22.0. The molecule has 0 spiro atoms. The van der Waals surface area contributed by atoms with E-state index in [0.717, 1.165) is 18.2 Å². The number of hydrogen-bond donors (Lipinski definition) is 7. The maximum absolute atomic E-state index is 12.8. The van der Waals surface area contributed by atoms with Crippen LogP contribution >= 0.6 is 11.6 Å². The predicted molar refractivity (Wildman–Crippen MR) is 195 cm³/mol. The van der Waals surface area contributed by atoms with Crippen molar-refractivity contribution in [3.8, 4) is 0 Å². The molecule has 0 aliphatic rings. The molecule has 0 unspecified atom stereocenters. The third-order valence-corrected chi connectivity index (χ3v) is 11.1. The van der Waals surface area contributed by atoms with Gasteiger partial charge in [-0.25, -0.2) is 17.4 Å². The van der Waals surface area contributed by atoms with Gasteiger partial charge in [0.05, 0.1) is 34.3 Å². The molecule has 0 saturated heterocycles. The number of nitrogens with one attached hydrogen (secondary N) is 3. The average Bonchev–Trinajstić information content (AvgIpc) is 3.05. The summed E-state index contributed by atoms with van der Waals surface area (Å²) in [5, 5.41) is 16.0. The molecule has 27 heteroatoms. The van der Waals surface area contributed by atoms with E-state index in [1.54, 1.807) is 6.07 Å². The number of primary amides is 1. The molecule has 22 nitrogen and oxygen atoms in total. The van der Waals surface area contributed by atoms with Gasteiger partial charge >= 0.3 is 16.4 Å². The molecule has 4 aromatic carbocycles. The van der Waals surface area contributed by atoms with Gasteiger partial charge in [0.1, 0.15) is 15.5 Å². The van der Waals surface area contributed by atoms with E-state index in [2.05, 4.69) is 45.3 Å². The van der Waals surface area contributed by atoms with Crippen LogP contribution in [0.2, 0.25) is 5.28 Å². The minimum Gasteiger partial charge on any atom is -0.351 e. The molecule has 0 aliphatic carbocycles. The van der Waals surface area contributed by atoms with E-state index < -0.39 is 85.6 Å². The summed E-state index contributed by atoms with van der Waals surface area (Å²) in [6.45, 7) is -0.979. The second-order valence-electron chi connectivity index (χ2n) is 10.7. The van der Waals surface area contributed by atoms with Gasteiger partial charge in [-0.05, 0) is 60.1 Å². The fourth-order valence-corrected chi connectivity index (χ4v) is 7.73. The number of benzene rings is 4. The Labute approximate surface area is 316 Å². The fraction of sp³-hybridized carbons (Fsp3) is 0.0714. The molecular formula is C28H24ClN9O13S4. The van der Waals surface area contributed by atoms with E-state index in [1.165, 1.54) is 48.5 Å². The highest BCUT2D eigenvalue weighted by atomic mass is 35.5. The highest BCUT2D eigenvalue weighted by molar-refractivity contribution is 7.91. The van der Waals surface area contributed by atoms with Crippen LogP contribution in [0.1, 0.15) is 0 Å². The maximum Gasteiger partial charge on any atom is 0.397 e. The Hall–Kier alpha value is -5.45. The molecule has 2 amide bonds. The van der Waals surface area contributed by atoms with Crippen molar-refractivity contribution in [2.24, 2.45) is 16.0 Å². The number of halogens is 1. The van der Waals surface area contributed by atoms with Crippen LogP contribution < -0.4 is 21.7 Å². The second kappa shape index (κ2) is 15.7. The first-order valence-electron chi connectivity index (χ1n) is 14.6. The SMILES string of the molecule is NC(=O)Nc1cc(Nc2nc(Cl)nc(Nc3cc(S(=O)(=O)CCOS(=O)(=O)O)ccc3S(=O)(=O)O)n2)ccc1N=Nc1cccc2c(S(=O)(=O)O)cccc12. The van der Waals surface area contributed by atoms with Gasteiger partial charge < -0.3 is 21.7 Å². The Morgan fingerprint density at radius 1 is 0.727 bits per heavy atom. The number of sulfone groups is 1. The lowest BCUT2D eigenvalue weighted by atomic mass is 10.1. The smallest absolute Gasteiger partial charge is 0.351 e. The van der Waals surface area contributed by atoms with E-state index in [-0.39, 0.29) is 39.0 Å². The summed E-state index contributed by atoms with van der Waals surface area (Å²) in [5.74, 6) is -1.71. The largest absolute Gasteiger partial charge is 0.397 e. The third kappa shape index (κ3) is 10.6. The number of anilines is 5. The standard InChI is InChI=1S/C28H24ClN9O13S4/c29-25-34-27(36-28(35-25)33-22-14-16(8-10-24(22)54(45,46)47)52(40,41)12-11-51-55(48,49)50)31-15-7-9-20(21(13-15)32-26(30)39)38-37-19-5-1-4-18-17(19)3-2-6-23(18)53(42,43)44/h1-10,13-14H,11-12H2,(H3,30,32,39)(H,42,43,44)(H,45,46,47)(H,48,49,50)(H2,31,33,34,35,36). The van der Waals surface area contributed by atoms with Crippen molar-refractivity contribution in [3.05, 3.63) is 78.1 Å². The molecule has 290 valence electrons. The molecule has 1 aromatic heterocycles. The molecule has 0 radical (unpaired) electrons. The van der Waals surface area contributed by atoms with Gasteiger partial charge in [0.2, 0.25) is 17.2 Å². The van der Waals surface area contributed by atoms with Gasteiger partial charge in [-0.1, -0.05) is 24.3 Å². The molecule has 0 bridgehead atoms. The summed E-state index contributed by atoms with van der Waals surface area (Å²) in [6.07, 6.45) is 0. The minimum atomic E-state index is -4.99. The summed E-state index contributed by atoms with van der Waals surface area (Å²) >= 11 is 6.07. The van der Waals surface area contributed by atoms with Crippen LogP contribution in [0.25, 0.3) is 10.8 Å². The molecule has 5 rings (SSSR count). The van der Waals surface area contributed by atoms with Gasteiger partial charge in [0.25, 0.3) is 20.2 Å². The zero-order valence-electron chi connectivity index (χ0n) is 27.1. The number of rotatable bonds is 14. The second-order valence-corrected chi connectivity index (χ2v) is 17.0. The van der Waals surface area contributed by atoms with Crippen molar-refractivity contribution in [2.75, 3.05) is 28.3 Å². The Balaban J connectivity index is 1.44. The number of fused-ring (bicyclic) bond motifs is 1. The number of azo groups is 1. The molecule has 5 aromatic rings. The van der Waals surface area contributed by atoms with Crippen LogP contribution in [0.3, 0.4) is 0 Å². The lowest BCUT2D eigenvalue weighted by Gasteiger charge is -2.13. The monoisotopic (exact) mass is 857 g/mol. The average molecular weight is 858 g/mol. The van der Waals surface area contributed by atoms with E-state index in [0.29, 0.717) is 5.39 Å². The van der Waals surface area contributed by atoms with Gasteiger partial charge in [-0.2, -0.15) is 40.2 Å². The lowest BCUT2D eigenvalue weighted by molar-refractivity contribution is 0.259. The number of aromatic nitrogens is 3. The van der Waals surface area contributed by atoms with Crippen LogP contribution in [-0.2, 0) is 44.7 Å². The number of urea groups is 1. The zero-order chi connectivity index (χ0) is 40.3. The molecule has 8 N–H and O–H groups in total. The fourth-order valence-electron chi connectivity index (χ4n) is 4.72. The van der Waals surface area contributed by atoms with Crippen molar-refractivity contribution >= 4 is 109 Å². The maximum atomic E-state index is 12.8. The first kappa shape index (κ1) is 40.7. The topological polar surface area (TPSA) is 349 Å². The molecule has 0 fully saturated rings. The number of carbonyl (C=O) groups is 1. The van der Waals surface area contributed by atoms with Crippen LogP contribution in [0, 0.1) is 0 Å². The molecule has 0 atom stereocenters. The van der Waals surface area contributed by atoms with Crippen molar-refractivity contribution in [3.63, 3.8) is 0 Å². The Morgan fingerprint density at radius 3 is 2.02 bits per heavy atom. The van der Waals surface area contributed by atoms with E-state index in [1.807, 2.05) is 0 Å². The number of nitrogens with two attached hydrogens (primary N) is 1. The molecule has 0 saturated carbocycles. The first-order chi connectivity index (χ1) is 25.6. The predicted octanol–water partition coefficient (Wildman–Crippen LogP) is 4.16. The van der Waals surface area contributed by atoms with Gasteiger partial charge in [0, 0.05) is 16.5 Å².